The molecular weight excluding hydrogens is 211 g/mol. The van der Waals surface area contributed by atoms with Gasteiger partial charge in [0, 0.05) is 0 Å². The van der Waals surface area contributed by atoms with Gasteiger partial charge in [-0.25, -0.2) is 0 Å². The molecule has 0 aromatic carbocycles. The van der Waals surface area contributed by atoms with E-state index in [-0.39, 0.29) is 46.0 Å². The van der Waals surface area contributed by atoms with Gasteiger partial charge in [0.1, 0.15) is 0 Å². The first-order chi connectivity index (χ1) is 4.24. The average molecular weight is 226 g/mol. The first kappa shape index (κ1) is 22.4. The van der Waals surface area contributed by atoms with Crippen LogP contribution in [0.5, 0.6) is 0 Å². The van der Waals surface area contributed by atoms with E-state index in [1.807, 2.05) is 0 Å². The number of rotatable bonds is 0. The molecule has 0 heterocycles. The predicted molar refractivity (Wildman–Crippen MR) is 31.6 cm³/mol. The van der Waals surface area contributed by atoms with Gasteiger partial charge in [-0.3, -0.25) is 0 Å². The minimum Gasteiger partial charge on any atom is -0.855 e. The molecule has 0 bridgehead atoms. The molecule has 0 rings (SSSR count). The SMILES string of the molecule is CC[O-].CC[O-].CC[O-].[Zr+3]. The predicted octanol–water partition coefficient (Wildman–Crippen LogP) is -1.90. The van der Waals surface area contributed by atoms with Gasteiger partial charge in [-0.15, -0.1) is 19.8 Å². The largest absolute Gasteiger partial charge is 3.00 e. The van der Waals surface area contributed by atoms with Crippen LogP contribution in [0.2, 0.25) is 0 Å². The van der Waals surface area contributed by atoms with Crippen molar-refractivity contribution in [3.05, 3.63) is 0 Å². The van der Waals surface area contributed by atoms with Crippen LogP contribution >= 0.6 is 0 Å². The zero-order valence-electron chi connectivity index (χ0n) is 6.85. The average Bonchev–Trinajstić information content (AvgIpc) is 1.70. The third kappa shape index (κ3) is 907. The first-order valence-electron chi connectivity index (χ1n) is 2.99. The summed E-state index contributed by atoms with van der Waals surface area (Å²) < 4.78 is 0. The van der Waals surface area contributed by atoms with Gasteiger partial charge < -0.3 is 15.3 Å². The van der Waals surface area contributed by atoms with Gasteiger partial charge >= 0.3 is 26.2 Å². The Morgan fingerprint density at radius 1 is 0.700 bits per heavy atom. The second-order valence-corrected chi connectivity index (χ2v) is 0.866. The molecule has 0 saturated heterocycles. The van der Waals surface area contributed by atoms with Crippen LogP contribution in [0.25, 0.3) is 0 Å². The summed E-state index contributed by atoms with van der Waals surface area (Å²) in [6.45, 7) is 4.71. The Kier molecular flexibility index (Phi) is 119. The number of hydrogen-bond donors (Lipinski definition) is 0. The van der Waals surface area contributed by atoms with Crippen molar-refractivity contribution in [2.24, 2.45) is 0 Å². The number of hydrogen-bond acceptors (Lipinski definition) is 3. The Balaban J connectivity index is -0.0000000257. The minimum absolute atomic E-state index is 0. The monoisotopic (exact) mass is 225 g/mol. The maximum atomic E-state index is 8.93. The van der Waals surface area contributed by atoms with Gasteiger partial charge in [0.15, 0.2) is 0 Å². The minimum atomic E-state index is 0. The Bertz CT molecular complexity index is 17.7. The summed E-state index contributed by atoms with van der Waals surface area (Å²) in [5, 5.41) is 26.8. The molecule has 0 spiro atoms. The van der Waals surface area contributed by atoms with Crippen LogP contribution in [0.1, 0.15) is 20.8 Å². The van der Waals surface area contributed by atoms with Crippen molar-refractivity contribution in [1.82, 2.24) is 0 Å². The molecule has 3 nitrogen and oxygen atoms in total. The summed E-state index contributed by atoms with van der Waals surface area (Å²) in [7, 11) is 0. The molecule has 4 heteroatoms. The third-order valence-corrected chi connectivity index (χ3v) is 0. The van der Waals surface area contributed by atoms with E-state index < -0.39 is 0 Å². The fraction of sp³-hybridized carbons (Fsp3) is 1.00. The van der Waals surface area contributed by atoms with Crippen molar-refractivity contribution in [1.29, 1.82) is 0 Å². The molecule has 1 radical (unpaired) electrons. The Morgan fingerprint density at radius 2 is 0.700 bits per heavy atom. The summed E-state index contributed by atoms with van der Waals surface area (Å²) in [5.41, 5.74) is 0. The fourth-order valence-corrected chi connectivity index (χ4v) is 0. The fourth-order valence-electron chi connectivity index (χ4n) is 0. The van der Waals surface area contributed by atoms with Crippen LogP contribution in [0.3, 0.4) is 0 Å². The molecular formula is C6H15O3Zr. The van der Waals surface area contributed by atoms with E-state index in [0.29, 0.717) is 0 Å². The molecule has 0 saturated carbocycles. The van der Waals surface area contributed by atoms with E-state index in [9.17, 15) is 0 Å². The summed E-state index contributed by atoms with van der Waals surface area (Å²) in [4.78, 5) is 0. The quantitative estimate of drug-likeness (QED) is 0.484. The van der Waals surface area contributed by atoms with Gasteiger partial charge in [-0.2, -0.15) is 0 Å². The van der Waals surface area contributed by atoms with Crippen molar-refractivity contribution in [3.8, 4) is 0 Å². The Morgan fingerprint density at radius 3 is 0.700 bits per heavy atom. The van der Waals surface area contributed by atoms with Gasteiger partial charge in [-0.1, -0.05) is 20.8 Å². The summed E-state index contributed by atoms with van der Waals surface area (Å²) in [6, 6.07) is 0. The molecule has 0 fully saturated rings. The molecule has 0 aliphatic carbocycles. The van der Waals surface area contributed by atoms with Gasteiger partial charge in [0.05, 0.1) is 0 Å². The van der Waals surface area contributed by atoms with Crippen molar-refractivity contribution >= 4 is 0 Å². The van der Waals surface area contributed by atoms with E-state index in [0.717, 1.165) is 0 Å². The maximum absolute atomic E-state index is 8.93. The normalized spacial score (nSPS) is 5.40. The molecule has 0 atom stereocenters. The molecule has 0 aliphatic rings. The summed E-state index contributed by atoms with van der Waals surface area (Å²) in [5.74, 6) is 0. The molecule has 0 amide bonds. The molecule has 10 heavy (non-hydrogen) atoms. The summed E-state index contributed by atoms with van der Waals surface area (Å²) in [6.07, 6.45) is 0. The topological polar surface area (TPSA) is 69.2 Å². The van der Waals surface area contributed by atoms with Crippen molar-refractivity contribution < 1.29 is 41.5 Å². The molecule has 0 unspecified atom stereocenters. The second-order valence-electron chi connectivity index (χ2n) is 0.866. The van der Waals surface area contributed by atoms with E-state index in [1.54, 1.807) is 20.8 Å². The standard InChI is InChI=1S/3C2H5O.Zr/c3*1-2-3;/h3*2H2,1H3;/q3*-1;+3. The van der Waals surface area contributed by atoms with Crippen molar-refractivity contribution in [2.45, 2.75) is 20.8 Å². The van der Waals surface area contributed by atoms with E-state index >= 15 is 0 Å². The van der Waals surface area contributed by atoms with Crippen LogP contribution in [-0.2, 0) is 26.2 Å². The zero-order chi connectivity index (χ0) is 8.12. The molecule has 0 N–H and O–H groups in total. The molecule has 0 aromatic heterocycles. The van der Waals surface area contributed by atoms with Crippen molar-refractivity contribution in [3.63, 3.8) is 0 Å². The van der Waals surface area contributed by atoms with Crippen molar-refractivity contribution in [2.75, 3.05) is 19.8 Å². The van der Waals surface area contributed by atoms with Gasteiger partial charge in [0.25, 0.3) is 0 Å². The van der Waals surface area contributed by atoms with Crippen LogP contribution in [0.15, 0.2) is 0 Å². The van der Waals surface area contributed by atoms with Crippen LogP contribution in [0, 0.1) is 0 Å². The summed E-state index contributed by atoms with van der Waals surface area (Å²) >= 11 is 0. The zero-order valence-corrected chi connectivity index (χ0v) is 9.30. The Labute approximate surface area is 82.2 Å². The van der Waals surface area contributed by atoms with Gasteiger partial charge in [-0.05, 0) is 0 Å². The van der Waals surface area contributed by atoms with E-state index in [2.05, 4.69) is 0 Å². The first-order valence-corrected chi connectivity index (χ1v) is 2.99. The van der Waals surface area contributed by atoms with Gasteiger partial charge in [0.2, 0.25) is 0 Å². The van der Waals surface area contributed by atoms with E-state index in [1.165, 1.54) is 0 Å². The van der Waals surface area contributed by atoms with E-state index in [4.69, 9.17) is 15.3 Å². The van der Waals surface area contributed by atoms with Crippen LogP contribution in [-0.4, -0.2) is 19.8 Å². The molecule has 0 aliphatic heterocycles. The van der Waals surface area contributed by atoms with Crippen LogP contribution in [0.4, 0.5) is 0 Å². The smallest absolute Gasteiger partial charge is 0.855 e. The third-order valence-electron chi connectivity index (χ3n) is 0. The molecule has 0 aromatic rings. The Hall–Kier alpha value is 0.763. The second kappa shape index (κ2) is 52.9. The maximum Gasteiger partial charge on any atom is 3.00 e. The molecule has 61 valence electrons. The van der Waals surface area contributed by atoms with Crippen LogP contribution < -0.4 is 15.3 Å².